The van der Waals surface area contributed by atoms with E-state index in [1.165, 1.54) is 5.56 Å². The van der Waals surface area contributed by atoms with Crippen LogP contribution in [0.15, 0.2) is 36.4 Å². The van der Waals surface area contributed by atoms with Crippen molar-refractivity contribution in [2.24, 2.45) is 0 Å². The summed E-state index contributed by atoms with van der Waals surface area (Å²) in [5.74, 6) is -0.0277. The van der Waals surface area contributed by atoms with Gasteiger partial charge in [0.2, 0.25) is 0 Å². The first kappa shape index (κ1) is 14.1. The summed E-state index contributed by atoms with van der Waals surface area (Å²) in [6.07, 6.45) is 0. The second kappa shape index (κ2) is 5.37. The lowest BCUT2D eigenvalue weighted by molar-refractivity contribution is 0.0993. The number of nitrogens with two attached hydrogens (primary N) is 1. The van der Waals surface area contributed by atoms with Crippen molar-refractivity contribution >= 4 is 17.3 Å². The number of benzene rings is 2. The largest absolute Gasteiger partial charge is 0.399 e. The Balaban J connectivity index is 2.34. The summed E-state index contributed by atoms with van der Waals surface area (Å²) in [4.78, 5) is 14.2. The molecule has 0 fully saturated rings. The predicted octanol–water partition coefficient (Wildman–Crippen LogP) is 3.47. The maximum absolute atomic E-state index is 12.5. The van der Waals surface area contributed by atoms with E-state index in [-0.39, 0.29) is 5.91 Å². The molecule has 2 rings (SSSR count). The molecule has 0 bridgehead atoms. The minimum absolute atomic E-state index is 0.0277. The van der Waals surface area contributed by atoms with Crippen LogP contribution < -0.4 is 10.6 Å². The van der Waals surface area contributed by atoms with Gasteiger partial charge in [-0.25, -0.2) is 0 Å². The first-order valence-corrected chi connectivity index (χ1v) is 6.61. The number of carbonyl (C=O) groups excluding carboxylic acids is 1. The van der Waals surface area contributed by atoms with E-state index in [0.29, 0.717) is 11.3 Å². The Morgan fingerprint density at radius 2 is 1.70 bits per heavy atom. The van der Waals surface area contributed by atoms with Crippen molar-refractivity contribution in [1.82, 2.24) is 0 Å². The molecule has 1 amide bonds. The highest BCUT2D eigenvalue weighted by Gasteiger charge is 2.15. The molecule has 0 spiro atoms. The second-order valence-corrected chi connectivity index (χ2v) is 5.23. The van der Waals surface area contributed by atoms with Crippen LogP contribution in [0.3, 0.4) is 0 Å². The third-order valence-electron chi connectivity index (χ3n) is 3.54. The van der Waals surface area contributed by atoms with Crippen molar-refractivity contribution in [2.45, 2.75) is 20.8 Å². The molecular weight excluding hydrogens is 248 g/mol. The number of hydrogen-bond acceptors (Lipinski definition) is 2. The quantitative estimate of drug-likeness (QED) is 0.848. The fraction of sp³-hybridized carbons (Fsp3) is 0.235. The van der Waals surface area contributed by atoms with E-state index in [4.69, 9.17) is 5.73 Å². The molecule has 0 atom stereocenters. The topological polar surface area (TPSA) is 46.3 Å². The summed E-state index contributed by atoms with van der Waals surface area (Å²) < 4.78 is 0. The fourth-order valence-electron chi connectivity index (χ4n) is 2.29. The van der Waals surface area contributed by atoms with Crippen molar-refractivity contribution < 1.29 is 4.79 Å². The molecule has 104 valence electrons. The molecule has 0 unspecified atom stereocenters. The van der Waals surface area contributed by atoms with E-state index >= 15 is 0 Å². The SMILES string of the molecule is Cc1ccc(N(C)C(=O)c2ccc(N)c(C)c2)c(C)c1. The van der Waals surface area contributed by atoms with Crippen LogP contribution in [0.4, 0.5) is 11.4 Å². The fourth-order valence-corrected chi connectivity index (χ4v) is 2.29. The van der Waals surface area contributed by atoms with Gasteiger partial charge in [0, 0.05) is 24.0 Å². The lowest BCUT2D eigenvalue weighted by atomic mass is 10.1. The predicted molar refractivity (Wildman–Crippen MR) is 84.2 cm³/mol. The van der Waals surface area contributed by atoms with Gasteiger partial charge < -0.3 is 10.6 Å². The van der Waals surface area contributed by atoms with Crippen molar-refractivity contribution in [1.29, 1.82) is 0 Å². The minimum atomic E-state index is -0.0277. The molecule has 0 aliphatic rings. The van der Waals surface area contributed by atoms with Gasteiger partial charge in [0.1, 0.15) is 0 Å². The van der Waals surface area contributed by atoms with Gasteiger partial charge in [-0.2, -0.15) is 0 Å². The summed E-state index contributed by atoms with van der Waals surface area (Å²) in [5.41, 5.74) is 11.3. The molecule has 2 aromatic carbocycles. The molecule has 2 N–H and O–H groups in total. The molecule has 3 nitrogen and oxygen atoms in total. The molecule has 0 aliphatic carbocycles. The summed E-state index contributed by atoms with van der Waals surface area (Å²) in [7, 11) is 1.80. The number of aryl methyl sites for hydroxylation is 3. The van der Waals surface area contributed by atoms with Crippen LogP contribution in [0, 0.1) is 20.8 Å². The Morgan fingerprint density at radius 3 is 2.30 bits per heavy atom. The lowest BCUT2D eigenvalue weighted by Crippen LogP contribution is -2.27. The monoisotopic (exact) mass is 268 g/mol. The van der Waals surface area contributed by atoms with E-state index in [2.05, 4.69) is 6.07 Å². The van der Waals surface area contributed by atoms with Gasteiger partial charge in [0.25, 0.3) is 5.91 Å². The Hall–Kier alpha value is -2.29. The highest BCUT2D eigenvalue weighted by atomic mass is 16.2. The standard InChI is InChI=1S/C17H20N2O/c1-11-5-8-16(13(3)9-11)19(4)17(20)14-6-7-15(18)12(2)10-14/h5-10H,18H2,1-4H3. The van der Waals surface area contributed by atoms with Gasteiger partial charge in [0.15, 0.2) is 0 Å². The molecule has 20 heavy (non-hydrogen) atoms. The Labute approximate surface area is 120 Å². The number of amides is 1. The third-order valence-corrected chi connectivity index (χ3v) is 3.54. The molecule has 0 heterocycles. The molecule has 2 aromatic rings. The van der Waals surface area contributed by atoms with E-state index < -0.39 is 0 Å². The summed E-state index contributed by atoms with van der Waals surface area (Å²) in [6.45, 7) is 5.96. The Bertz CT molecular complexity index is 662. The van der Waals surface area contributed by atoms with Crippen molar-refractivity contribution in [3.63, 3.8) is 0 Å². The normalized spacial score (nSPS) is 10.4. The van der Waals surface area contributed by atoms with Crippen LogP contribution in [0.25, 0.3) is 0 Å². The average molecular weight is 268 g/mol. The zero-order valence-electron chi connectivity index (χ0n) is 12.4. The minimum Gasteiger partial charge on any atom is -0.399 e. The number of carbonyl (C=O) groups is 1. The van der Waals surface area contributed by atoms with Crippen LogP contribution in [0.2, 0.25) is 0 Å². The van der Waals surface area contributed by atoms with Gasteiger partial charge in [-0.05, 0) is 56.2 Å². The van der Waals surface area contributed by atoms with Crippen LogP contribution in [-0.2, 0) is 0 Å². The molecular formula is C17H20N2O. The van der Waals surface area contributed by atoms with Crippen LogP contribution in [-0.4, -0.2) is 13.0 Å². The maximum atomic E-state index is 12.5. The first-order chi connectivity index (χ1) is 9.40. The number of rotatable bonds is 2. The average Bonchev–Trinajstić information content (AvgIpc) is 2.40. The number of anilines is 2. The maximum Gasteiger partial charge on any atom is 0.258 e. The van der Waals surface area contributed by atoms with E-state index in [0.717, 1.165) is 16.8 Å². The molecule has 0 radical (unpaired) electrons. The smallest absolute Gasteiger partial charge is 0.258 e. The summed E-state index contributed by atoms with van der Waals surface area (Å²) in [6, 6.07) is 11.4. The van der Waals surface area contributed by atoms with Gasteiger partial charge in [-0.3, -0.25) is 4.79 Å². The second-order valence-electron chi connectivity index (χ2n) is 5.23. The molecule has 3 heteroatoms. The van der Waals surface area contributed by atoms with Gasteiger partial charge in [-0.1, -0.05) is 17.7 Å². The first-order valence-electron chi connectivity index (χ1n) is 6.61. The van der Waals surface area contributed by atoms with E-state index in [1.807, 2.05) is 39.0 Å². The third kappa shape index (κ3) is 2.67. The Kier molecular flexibility index (Phi) is 3.79. The van der Waals surface area contributed by atoms with Crippen LogP contribution in [0.1, 0.15) is 27.0 Å². The molecule has 0 aliphatic heterocycles. The highest BCUT2D eigenvalue weighted by molar-refractivity contribution is 6.06. The Morgan fingerprint density at radius 1 is 1.00 bits per heavy atom. The van der Waals surface area contributed by atoms with Crippen molar-refractivity contribution in [2.75, 3.05) is 17.7 Å². The zero-order chi connectivity index (χ0) is 14.9. The number of nitrogens with zero attached hydrogens (tertiary/aromatic N) is 1. The molecule has 0 saturated heterocycles. The van der Waals surface area contributed by atoms with Crippen molar-refractivity contribution in [3.05, 3.63) is 58.7 Å². The van der Waals surface area contributed by atoms with Gasteiger partial charge in [-0.15, -0.1) is 0 Å². The lowest BCUT2D eigenvalue weighted by Gasteiger charge is -2.20. The summed E-state index contributed by atoms with van der Waals surface area (Å²) in [5, 5.41) is 0. The van der Waals surface area contributed by atoms with Gasteiger partial charge in [0.05, 0.1) is 0 Å². The number of nitrogen functional groups attached to an aromatic ring is 1. The van der Waals surface area contributed by atoms with Crippen molar-refractivity contribution in [3.8, 4) is 0 Å². The number of hydrogen-bond donors (Lipinski definition) is 1. The van der Waals surface area contributed by atoms with Crippen LogP contribution >= 0.6 is 0 Å². The van der Waals surface area contributed by atoms with Crippen LogP contribution in [0.5, 0.6) is 0 Å². The molecule has 0 saturated carbocycles. The van der Waals surface area contributed by atoms with Gasteiger partial charge >= 0.3 is 0 Å². The van der Waals surface area contributed by atoms with E-state index in [1.54, 1.807) is 24.1 Å². The highest BCUT2D eigenvalue weighted by Crippen LogP contribution is 2.22. The summed E-state index contributed by atoms with van der Waals surface area (Å²) >= 11 is 0. The van der Waals surface area contributed by atoms with E-state index in [9.17, 15) is 4.79 Å². The molecule has 0 aromatic heterocycles. The zero-order valence-corrected chi connectivity index (χ0v) is 12.4.